The second-order valence-electron chi connectivity index (χ2n) is 6.19. The van der Waals surface area contributed by atoms with Crippen molar-refractivity contribution in [1.82, 2.24) is 4.90 Å². The largest absolute Gasteiger partial charge is 0.370 e. The summed E-state index contributed by atoms with van der Waals surface area (Å²) in [6.45, 7) is 3.87. The first-order valence-electron chi connectivity index (χ1n) is 8.47. The van der Waals surface area contributed by atoms with E-state index in [4.69, 9.17) is 23.1 Å². The summed E-state index contributed by atoms with van der Waals surface area (Å²) in [4.78, 5) is 20.0. The van der Waals surface area contributed by atoms with Crippen molar-refractivity contribution in [2.45, 2.75) is 6.54 Å². The maximum atomic E-state index is 11.1. The summed E-state index contributed by atoms with van der Waals surface area (Å²) >= 11 is 5.94. The molecule has 2 aromatic carbocycles. The number of primary amides is 1. The lowest BCUT2D eigenvalue weighted by Crippen LogP contribution is -2.51. The van der Waals surface area contributed by atoms with Gasteiger partial charge in [-0.3, -0.25) is 4.79 Å². The van der Waals surface area contributed by atoms with Crippen LogP contribution >= 0.6 is 35.6 Å². The van der Waals surface area contributed by atoms with Gasteiger partial charge in [0.2, 0.25) is 5.91 Å². The van der Waals surface area contributed by atoms with Crippen molar-refractivity contribution < 1.29 is 4.79 Å². The average Bonchev–Trinajstić information content (AvgIpc) is 2.67. The van der Waals surface area contributed by atoms with Crippen molar-refractivity contribution >= 4 is 53.1 Å². The lowest BCUT2D eigenvalue weighted by molar-refractivity contribution is 0.100. The molecule has 2 aromatic rings. The van der Waals surface area contributed by atoms with Gasteiger partial charge in [-0.15, -0.1) is 24.0 Å². The minimum atomic E-state index is -0.432. The van der Waals surface area contributed by atoms with Gasteiger partial charge in [-0.05, 0) is 42.0 Å². The molecule has 3 rings (SSSR count). The van der Waals surface area contributed by atoms with Crippen LogP contribution in [0.2, 0.25) is 5.02 Å². The zero-order chi connectivity index (χ0) is 18.5. The Morgan fingerprint density at radius 1 is 0.963 bits per heavy atom. The Balaban J connectivity index is 0.00000261. The summed E-state index contributed by atoms with van der Waals surface area (Å²) in [5.74, 6) is 0.109. The number of benzene rings is 2. The molecule has 1 heterocycles. The zero-order valence-corrected chi connectivity index (χ0v) is 17.9. The van der Waals surface area contributed by atoms with Crippen molar-refractivity contribution in [2.24, 2.45) is 16.5 Å². The van der Waals surface area contributed by atoms with Gasteiger partial charge in [-0.2, -0.15) is 0 Å². The fourth-order valence-electron chi connectivity index (χ4n) is 2.89. The van der Waals surface area contributed by atoms with Gasteiger partial charge >= 0.3 is 0 Å². The number of piperazine rings is 1. The molecule has 0 aromatic heterocycles. The molecule has 1 aliphatic rings. The number of nitrogens with zero attached hydrogens (tertiary/aromatic N) is 3. The normalized spacial score (nSPS) is 14.6. The third-order valence-corrected chi connectivity index (χ3v) is 4.71. The highest BCUT2D eigenvalue weighted by molar-refractivity contribution is 14.0. The number of amides is 1. The molecule has 144 valence electrons. The molecule has 0 spiro atoms. The lowest BCUT2D eigenvalue weighted by atomic mass is 10.1. The third kappa shape index (κ3) is 5.74. The molecule has 1 aliphatic heterocycles. The zero-order valence-electron chi connectivity index (χ0n) is 14.8. The van der Waals surface area contributed by atoms with Gasteiger partial charge in [0.1, 0.15) is 0 Å². The molecule has 1 fully saturated rings. The van der Waals surface area contributed by atoms with E-state index < -0.39 is 5.91 Å². The van der Waals surface area contributed by atoms with Gasteiger partial charge in [-0.1, -0.05) is 23.7 Å². The van der Waals surface area contributed by atoms with E-state index >= 15 is 0 Å². The van der Waals surface area contributed by atoms with E-state index in [1.807, 2.05) is 36.4 Å². The van der Waals surface area contributed by atoms with E-state index in [0.29, 0.717) is 18.1 Å². The summed E-state index contributed by atoms with van der Waals surface area (Å²) in [5.41, 5.74) is 14.0. The van der Waals surface area contributed by atoms with Gasteiger partial charge < -0.3 is 21.3 Å². The molecule has 1 amide bonds. The summed E-state index contributed by atoms with van der Waals surface area (Å²) in [6.07, 6.45) is 0. The topological polar surface area (TPSA) is 87.9 Å². The first-order valence-corrected chi connectivity index (χ1v) is 8.85. The van der Waals surface area contributed by atoms with Gasteiger partial charge in [0.05, 0.1) is 6.54 Å². The van der Waals surface area contributed by atoms with Crippen LogP contribution in [-0.4, -0.2) is 42.9 Å². The number of carbonyl (C=O) groups is 1. The van der Waals surface area contributed by atoms with Crippen LogP contribution in [0.25, 0.3) is 0 Å². The van der Waals surface area contributed by atoms with Gasteiger partial charge in [0.15, 0.2) is 5.96 Å². The van der Waals surface area contributed by atoms with E-state index in [1.54, 1.807) is 12.1 Å². The molecule has 27 heavy (non-hydrogen) atoms. The van der Waals surface area contributed by atoms with Crippen LogP contribution < -0.4 is 16.4 Å². The maximum Gasteiger partial charge on any atom is 0.248 e. The van der Waals surface area contributed by atoms with E-state index in [-0.39, 0.29) is 24.0 Å². The Kier molecular flexibility index (Phi) is 7.73. The standard InChI is InChI=1S/C19H22ClN5O.HI/c20-16-5-7-17(8-6-16)24-9-11-25(12-10-24)19(22)23-13-14-1-3-15(4-2-14)18(21)26;/h1-8H,9-13H2,(H2,21,26)(H2,22,23);1H. The van der Waals surface area contributed by atoms with Gasteiger partial charge in [-0.25, -0.2) is 4.99 Å². The smallest absolute Gasteiger partial charge is 0.248 e. The Labute approximate surface area is 181 Å². The van der Waals surface area contributed by atoms with Crippen LogP contribution in [0, 0.1) is 0 Å². The van der Waals surface area contributed by atoms with Crippen LogP contribution in [0.4, 0.5) is 5.69 Å². The number of halogens is 2. The molecular weight excluding hydrogens is 477 g/mol. The number of nitrogens with two attached hydrogens (primary N) is 2. The quantitative estimate of drug-likeness (QED) is 0.385. The van der Waals surface area contributed by atoms with Crippen molar-refractivity contribution in [1.29, 1.82) is 0 Å². The van der Waals surface area contributed by atoms with Crippen LogP contribution in [-0.2, 0) is 6.54 Å². The third-order valence-electron chi connectivity index (χ3n) is 4.46. The lowest BCUT2D eigenvalue weighted by Gasteiger charge is -2.36. The molecule has 6 nitrogen and oxygen atoms in total. The molecule has 0 atom stereocenters. The van der Waals surface area contributed by atoms with E-state index in [1.165, 1.54) is 5.69 Å². The number of rotatable bonds is 4. The Morgan fingerprint density at radius 2 is 1.56 bits per heavy atom. The second kappa shape index (κ2) is 9.80. The minimum absolute atomic E-state index is 0. The van der Waals surface area contributed by atoms with E-state index in [9.17, 15) is 4.79 Å². The highest BCUT2D eigenvalue weighted by Gasteiger charge is 2.18. The predicted molar refractivity (Wildman–Crippen MR) is 121 cm³/mol. The summed E-state index contributed by atoms with van der Waals surface area (Å²) < 4.78 is 0. The Hall–Kier alpha value is -2.00. The van der Waals surface area contributed by atoms with Gasteiger partial charge in [0.25, 0.3) is 0 Å². The number of hydrogen-bond donors (Lipinski definition) is 2. The monoisotopic (exact) mass is 499 g/mol. The first-order chi connectivity index (χ1) is 12.5. The molecule has 8 heteroatoms. The van der Waals surface area contributed by atoms with Crippen LogP contribution in [0.1, 0.15) is 15.9 Å². The van der Waals surface area contributed by atoms with Gasteiger partial charge in [0, 0.05) is 42.5 Å². The number of hydrogen-bond acceptors (Lipinski definition) is 3. The Bertz CT molecular complexity index is 787. The number of carbonyl (C=O) groups excluding carboxylic acids is 1. The van der Waals surface area contributed by atoms with Crippen LogP contribution in [0.15, 0.2) is 53.5 Å². The molecule has 1 saturated heterocycles. The maximum absolute atomic E-state index is 11.1. The average molecular weight is 500 g/mol. The summed E-state index contributed by atoms with van der Waals surface area (Å²) in [7, 11) is 0. The highest BCUT2D eigenvalue weighted by Crippen LogP contribution is 2.19. The first kappa shape index (κ1) is 21.3. The molecular formula is C19H23ClIN5O. The molecule has 0 saturated carbocycles. The predicted octanol–water partition coefficient (Wildman–Crippen LogP) is 2.69. The summed E-state index contributed by atoms with van der Waals surface area (Å²) in [5, 5.41) is 0.743. The fourth-order valence-corrected chi connectivity index (χ4v) is 3.02. The van der Waals surface area contributed by atoms with Crippen molar-refractivity contribution in [3.8, 4) is 0 Å². The van der Waals surface area contributed by atoms with Crippen molar-refractivity contribution in [3.63, 3.8) is 0 Å². The molecule has 0 bridgehead atoms. The molecule has 4 N–H and O–H groups in total. The van der Waals surface area contributed by atoms with Crippen LogP contribution in [0.3, 0.4) is 0 Å². The number of anilines is 1. The van der Waals surface area contributed by atoms with Crippen molar-refractivity contribution in [2.75, 3.05) is 31.1 Å². The summed E-state index contributed by atoms with van der Waals surface area (Å²) in [6, 6.07) is 15.0. The Morgan fingerprint density at radius 3 is 2.11 bits per heavy atom. The van der Waals surface area contributed by atoms with E-state index in [2.05, 4.69) is 14.8 Å². The van der Waals surface area contributed by atoms with Crippen molar-refractivity contribution in [3.05, 3.63) is 64.7 Å². The minimum Gasteiger partial charge on any atom is -0.370 e. The molecule has 0 unspecified atom stereocenters. The van der Waals surface area contributed by atoms with Crippen LogP contribution in [0.5, 0.6) is 0 Å². The van der Waals surface area contributed by atoms with E-state index in [0.717, 1.165) is 36.8 Å². The number of aliphatic imine (C=N–C) groups is 1. The molecule has 0 radical (unpaired) electrons. The highest BCUT2D eigenvalue weighted by atomic mass is 127. The SMILES string of the molecule is I.NC(=O)c1ccc(CN=C(N)N2CCN(c3ccc(Cl)cc3)CC2)cc1. The molecule has 0 aliphatic carbocycles. The second-order valence-corrected chi connectivity index (χ2v) is 6.62. The number of guanidine groups is 1. The fraction of sp³-hybridized carbons (Fsp3) is 0.263.